The molecule has 198 valence electrons. The Kier molecular flexibility index (Phi) is 7.20. The molecule has 0 bridgehead atoms. The fraction of sp³-hybridized carbons (Fsp3) is 0.500. The minimum atomic E-state index is -1.02. The molecule has 2 aromatic rings. The van der Waals surface area contributed by atoms with E-state index in [4.69, 9.17) is 28.4 Å². The van der Waals surface area contributed by atoms with E-state index in [-0.39, 0.29) is 35.7 Å². The number of nitrogens with zero attached hydrogens (tertiary/aromatic N) is 4. The van der Waals surface area contributed by atoms with E-state index >= 15 is 0 Å². The Bertz CT molecular complexity index is 1210. The normalized spacial score (nSPS) is 23.8. The molecule has 3 heterocycles. The summed E-state index contributed by atoms with van der Waals surface area (Å²) in [7, 11) is 2.36. The number of methoxy groups -OCH3 is 2. The molecular weight excluding hydrogens is 496 g/mol. The van der Waals surface area contributed by atoms with Crippen molar-refractivity contribution in [2.75, 3.05) is 20.8 Å². The summed E-state index contributed by atoms with van der Waals surface area (Å²) < 4.78 is 34.1. The van der Waals surface area contributed by atoms with Crippen molar-refractivity contribution in [2.45, 2.75) is 50.6 Å². The van der Waals surface area contributed by atoms with E-state index < -0.39 is 53.2 Å². The molecule has 2 fully saturated rings. The van der Waals surface area contributed by atoms with Gasteiger partial charge in [0.15, 0.2) is 17.7 Å². The van der Waals surface area contributed by atoms with Crippen molar-refractivity contribution in [1.82, 2.24) is 15.0 Å². The zero-order valence-corrected chi connectivity index (χ0v) is 20.3. The molecular formula is C22H24N4O11. The van der Waals surface area contributed by atoms with Gasteiger partial charge in [-0.25, -0.2) is 14.3 Å². The number of hydrogen-bond acceptors (Lipinski definition) is 13. The molecule has 0 radical (unpaired) electrons. The van der Waals surface area contributed by atoms with Crippen molar-refractivity contribution >= 4 is 23.6 Å². The van der Waals surface area contributed by atoms with Crippen molar-refractivity contribution < 1.29 is 47.7 Å². The zero-order chi connectivity index (χ0) is 26.9. The summed E-state index contributed by atoms with van der Waals surface area (Å²) in [5.41, 5.74) is -0.166. The van der Waals surface area contributed by atoms with Gasteiger partial charge < -0.3 is 28.4 Å². The standard InChI is InChI=1S/C22H24N4O11/c1-22(2)36-17-14(10-34-20(28)11-5-7-12(8-6-11)26(30)31)35-19(18(17)37-22)25-13(9-15(27)32-3)16(23-24-25)21(29)33-4/h5-8,14,17-19H,9-10H2,1-4H3/t14-,17-,18-,19+/m1/s1. The number of fused-ring (bicyclic) bond motifs is 1. The van der Waals surface area contributed by atoms with Gasteiger partial charge in [0, 0.05) is 12.1 Å². The van der Waals surface area contributed by atoms with Crippen LogP contribution in [0.4, 0.5) is 5.69 Å². The molecule has 37 heavy (non-hydrogen) atoms. The first-order valence-electron chi connectivity index (χ1n) is 11.1. The molecule has 15 heteroatoms. The van der Waals surface area contributed by atoms with Crippen molar-refractivity contribution in [2.24, 2.45) is 0 Å². The quantitative estimate of drug-likeness (QED) is 0.208. The van der Waals surface area contributed by atoms with Crippen molar-refractivity contribution in [3.8, 4) is 0 Å². The molecule has 4 atom stereocenters. The molecule has 0 spiro atoms. The number of carbonyl (C=O) groups is 3. The first-order chi connectivity index (χ1) is 17.5. The summed E-state index contributed by atoms with van der Waals surface area (Å²) in [4.78, 5) is 47.0. The Labute approximate surface area is 209 Å². The fourth-order valence-electron chi connectivity index (χ4n) is 4.10. The van der Waals surface area contributed by atoms with Crippen LogP contribution in [0, 0.1) is 10.1 Å². The van der Waals surface area contributed by atoms with Crippen LogP contribution in [0.15, 0.2) is 24.3 Å². The predicted molar refractivity (Wildman–Crippen MR) is 118 cm³/mol. The van der Waals surface area contributed by atoms with E-state index in [1.54, 1.807) is 13.8 Å². The number of nitro benzene ring substituents is 1. The van der Waals surface area contributed by atoms with Crippen LogP contribution in [0.2, 0.25) is 0 Å². The number of ether oxygens (including phenoxy) is 6. The minimum Gasteiger partial charge on any atom is -0.469 e. The van der Waals surface area contributed by atoms with E-state index in [0.29, 0.717) is 0 Å². The van der Waals surface area contributed by atoms with Gasteiger partial charge in [-0.3, -0.25) is 14.9 Å². The van der Waals surface area contributed by atoms with Gasteiger partial charge in [-0.2, -0.15) is 0 Å². The first-order valence-corrected chi connectivity index (χ1v) is 11.1. The number of rotatable bonds is 8. The summed E-state index contributed by atoms with van der Waals surface area (Å²) in [6, 6.07) is 4.95. The number of aromatic nitrogens is 3. The van der Waals surface area contributed by atoms with Crippen LogP contribution < -0.4 is 0 Å². The number of benzene rings is 1. The average Bonchev–Trinajstić information content (AvgIpc) is 3.52. The average molecular weight is 520 g/mol. The maximum Gasteiger partial charge on any atom is 0.360 e. The first kappa shape index (κ1) is 26.1. The lowest BCUT2D eigenvalue weighted by atomic mass is 10.1. The Hall–Kier alpha value is -3.95. The smallest absolute Gasteiger partial charge is 0.360 e. The number of non-ortho nitro benzene ring substituents is 1. The van der Waals surface area contributed by atoms with Crippen molar-refractivity contribution in [1.29, 1.82) is 0 Å². The lowest BCUT2D eigenvalue weighted by molar-refractivity contribution is -0.384. The van der Waals surface area contributed by atoms with Gasteiger partial charge in [-0.15, -0.1) is 5.10 Å². The number of hydrogen-bond donors (Lipinski definition) is 0. The predicted octanol–water partition coefficient (Wildman–Crippen LogP) is 0.963. The third kappa shape index (κ3) is 5.28. The van der Waals surface area contributed by atoms with Gasteiger partial charge in [0.25, 0.3) is 5.69 Å². The topological polar surface area (TPSA) is 180 Å². The van der Waals surface area contributed by atoms with Crippen molar-refractivity contribution in [3.63, 3.8) is 0 Å². The molecule has 0 amide bonds. The third-order valence-electron chi connectivity index (χ3n) is 5.77. The second kappa shape index (κ2) is 10.2. The molecule has 0 aliphatic carbocycles. The maximum atomic E-state index is 12.5. The molecule has 2 aliphatic heterocycles. The van der Waals surface area contributed by atoms with E-state index in [1.165, 1.54) is 36.1 Å². The van der Waals surface area contributed by atoms with Gasteiger partial charge in [0.2, 0.25) is 0 Å². The molecule has 4 rings (SSSR count). The zero-order valence-electron chi connectivity index (χ0n) is 20.3. The van der Waals surface area contributed by atoms with Crippen LogP contribution >= 0.6 is 0 Å². The molecule has 1 aromatic carbocycles. The third-order valence-corrected chi connectivity index (χ3v) is 5.77. The Morgan fingerprint density at radius 3 is 2.38 bits per heavy atom. The second-order valence-corrected chi connectivity index (χ2v) is 8.61. The highest BCUT2D eigenvalue weighted by molar-refractivity contribution is 5.90. The van der Waals surface area contributed by atoms with Gasteiger partial charge in [-0.05, 0) is 26.0 Å². The highest BCUT2D eigenvalue weighted by Gasteiger charge is 2.57. The van der Waals surface area contributed by atoms with E-state index in [1.807, 2.05) is 0 Å². The minimum absolute atomic E-state index is 0.0827. The number of carbonyl (C=O) groups excluding carboxylic acids is 3. The number of esters is 3. The monoisotopic (exact) mass is 520 g/mol. The summed E-state index contributed by atoms with van der Waals surface area (Å²) >= 11 is 0. The van der Waals surface area contributed by atoms with Crippen LogP contribution in [-0.4, -0.2) is 82.8 Å². The van der Waals surface area contributed by atoms with Crippen LogP contribution in [0.1, 0.15) is 46.6 Å². The van der Waals surface area contributed by atoms with Gasteiger partial charge in [0.1, 0.15) is 24.9 Å². The summed E-state index contributed by atoms with van der Waals surface area (Å²) in [5, 5.41) is 18.7. The lowest BCUT2D eigenvalue weighted by Gasteiger charge is -2.24. The van der Waals surface area contributed by atoms with Crippen LogP contribution in [0.5, 0.6) is 0 Å². The number of nitro groups is 1. The van der Waals surface area contributed by atoms with Gasteiger partial charge in [-0.1, -0.05) is 5.21 Å². The second-order valence-electron chi connectivity index (χ2n) is 8.61. The lowest BCUT2D eigenvalue weighted by Crippen LogP contribution is -2.33. The van der Waals surface area contributed by atoms with E-state index in [9.17, 15) is 24.5 Å². The summed E-state index contributed by atoms with van der Waals surface area (Å²) in [5.74, 6) is -3.21. The molecule has 0 saturated carbocycles. The Morgan fingerprint density at radius 1 is 1.08 bits per heavy atom. The molecule has 0 unspecified atom stereocenters. The molecule has 15 nitrogen and oxygen atoms in total. The fourth-order valence-corrected chi connectivity index (χ4v) is 4.10. The van der Waals surface area contributed by atoms with E-state index in [2.05, 4.69) is 10.3 Å². The Morgan fingerprint density at radius 2 is 1.76 bits per heavy atom. The molecule has 1 aromatic heterocycles. The molecule has 0 N–H and O–H groups in total. The Balaban J connectivity index is 1.56. The highest BCUT2D eigenvalue weighted by Crippen LogP contribution is 2.43. The van der Waals surface area contributed by atoms with E-state index in [0.717, 1.165) is 7.11 Å². The van der Waals surface area contributed by atoms with Crippen LogP contribution in [-0.2, 0) is 39.6 Å². The van der Waals surface area contributed by atoms with Crippen LogP contribution in [0.25, 0.3) is 0 Å². The maximum absolute atomic E-state index is 12.5. The molecule has 2 saturated heterocycles. The largest absolute Gasteiger partial charge is 0.469 e. The van der Waals surface area contributed by atoms with Gasteiger partial charge in [0.05, 0.1) is 36.8 Å². The van der Waals surface area contributed by atoms with Crippen molar-refractivity contribution in [3.05, 3.63) is 51.3 Å². The molecule has 2 aliphatic rings. The summed E-state index contributed by atoms with van der Waals surface area (Å²) in [6.07, 6.45) is -3.64. The summed E-state index contributed by atoms with van der Waals surface area (Å²) in [6.45, 7) is 3.13. The SMILES string of the molecule is COC(=O)Cc1c(C(=O)OC)nnn1[C@H]1O[C@H](COC(=O)c2ccc([N+](=O)[O-])cc2)[C@H]2OC(C)(C)O[C@H]21. The van der Waals surface area contributed by atoms with Gasteiger partial charge >= 0.3 is 17.9 Å². The van der Waals surface area contributed by atoms with Crippen LogP contribution in [0.3, 0.4) is 0 Å². The highest BCUT2D eigenvalue weighted by atomic mass is 16.8.